The minimum absolute atomic E-state index is 0.0640. The molecule has 25 heavy (non-hydrogen) atoms. The van der Waals surface area contributed by atoms with Crippen LogP contribution in [-0.4, -0.2) is 35.8 Å². The van der Waals surface area contributed by atoms with E-state index in [4.69, 9.17) is 15.3 Å². The number of nitrogens with zero attached hydrogens (tertiary/aromatic N) is 1. The molecule has 3 atom stereocenters. The van der Waals surface area contributed by atoms with Crippen LogP contribution in [0.5, 0.6) is 0 Å². The van der Waals surface area contributed by atoms with Crippen LogP contribution in [0.2, 0.25) is 0 Å². The molecule has 0 bridgehead atoms. The lowest BCUT2D eigenvalue weighted by molar-refractivity contribution is -0.171. The minimum Gasteiger partial charge on any atom is -0.369 e. The molecule has 2 aliphatic rings. The second-order valence-electron chi connectivity index (χ2n) is 6.79. The van der Waals surface area contributed by atoms with Crippen LogP contribution < -0.4 is 5.73 Å². The molecule has 1 saturated heterocycles. The molecule has 1 unspecified atom stereocenters. The summed E-state index contributed by atoms with van der Waals surface area (Å²) in [6, 6.07) is 19.9. The summed E-state index contributed by atoms with van der Waals surface area (Å²) in [6.07, 6.45) is 0.535. The molecule has 1 saturated carbocycles. The zero-order valence-electron chi connectivity index (χ0n) is 14.0. The zero-order chi connectivity index (χ0) is 17.3. The molecular weight excluding hydrogens is 316 g/mol. The fourth-order valence-corrected chi connectivity index (χ4v) is 3.34. The van der Waals surface area contributed by atoms with Crippen LogP contribution >= 0.6 is 0 Å². The van der Waals surface area contributed by atoms with Crippen LogP contribution in [0.3, 0.4) is 0 Å². The summed E-state index contributed by atoms with van der Waals surface area (Å²) in [5, 5.41) is 1.39. The fraction of sp³-hybridized carbons (Fsp3) is 0.350. The van der Waals surface area contributed by atoms with Gasteiger partial charge in [0.05, 0.1) is 13.2 Å². The van der Waals surface area contributed by atoms with Crippen molar-refractivity contribution in [3.63, 3.8) is 0 Å². The van der Waals surface area contributed by atoms with Gasteiger partial charge in [-0.15, -0.1) is 0 Å². The van der Waals surface area contributed by atoms with Crippen LogP contribution in [0.15, 0.2) is 60.7 Å². The lowest BCUT2D eigenvalue weighted by atomic mass is 10.1. The SMILES string of the molecule is N[C@@]1(C(=O)N2CC(OCc3ccccc3)CO2)C[C@@H]1c1ccccc1. The van der Waals surface area contributed by atoms with E-state index in [0.717, 1.165) is 11.1 Å². The third-order valence-corrected chi connectivity index (χ3v) is 4.94. The van der Waals surface area contributed by atoms with Crippen LogP contribution in [0.1, 0.15) is 23.5 Å². The lowest BCUT2D eigenvalue weighted by Crippen LogP contribution is -2.45. The Balaban J connectivity index is 1.32. The number of nitrogens with two attached hydrogens (primary N) is 1. The molecule has 2 fully saturated rings. The Kier molecular flexibility index (Phi) is 4.29. The van der Waals surface area contributed by atoms with Crippen molar-refractivity contribution in [3.05, 3.63) is 71.8 Å². The van der Waals surface area contributed by atoms with Gasteiger partial charge in [0, 0.05) is 5.92 Å². The van der Waals surface area contributed by atoms with Gasteiger partial charge in [-0.1, -0.05) is 60.7 Å². The first kappa shape index (κ1) is 16.3. The number of ether oxygens (including phenoxy) is 1. The van der Waals surface area contributed by atoms with Gasteiger partial charge in [-0.05, 0) is 17.5 Å². The highest BCUT2D eigenvalue weighted by Gasteiger charge is 2.60. The number of hydrogen-bond acceptors (Lipinski definition) is 4. The molecule has 1 amide bonds. The van der Waals surface area contributed by atoms with Crippen LogP contribution in [0.25, 0.3) is 0 Å². The largest absolute Gasteiger partial charge is 0.369 e. The van der Waals surface area contributed by atoms with Gasteiger partial charge in [-0.25, -0.2) is 5.06 Å². The molecule has 2 N–H and O–H groups in total. The van der Waals surface area contributed by atoms with Crippen molar-refractivity contribution < 1.29 is 14.4 Å². The molecule has 130 valence electrons. The molecule has 4 rings (SSSR count). The van der Waals surface area contributed by atoms with Gasteiger partial charge < -0.3 is 10.5 Å². The Hall–Kier alpha value is -2.21. The van der Waals surface area contributed by atoms with Gasteiger partial charge in [0.15, 0.2) is 0 Å². The number of amides is 1. The maximum Gasteiger partial charge on any atom is 0.266 e. The summed E-state index contributed by atoms with van der Waals surface area (Å²) in [7, 11) is 0. The molecule has 1 aliphatic heterocycles. The molecule has 2 aromatic rings. The maximum atomic E-state index is 12.8. The Labute approximate surface area is 147 Å². The van der Waals surface area contributed by atoms with E-state index in [1.54, 1.807) is 0 Å². The Morgan fingerprint density at radius 2 is 1.84 bits per heavy atom. The predicted octanol–water partition coefficient (Wildman–Crippen LogP) is 2.23. The average Bonchev–Trinajstić information content (AvgIpc) is 3.14. The van der Waals surface area contributed by atoms with E-state index in [1.807, 2.05) is 60.7 Å². The highest BCUT2D eigenvalue weighted by atomic mass is 16.7. The van der Waals surface area contributed by atoms with E-state index >= 15 is 0 Å². The van der Waals surface area contributed by atoms with Crippen molar-refractivity contribution in [2.75, 3.05) is 13.2 Å². The standard InChI is InChI=1S/C20H22N2O3/c21-20(11-18(20)16-9-5-2-6-10-16)19(23)22-12-17(14-25-22)24-13-15-7-3-1-4-8-15/h1-10,17-18H,11-14,21H2/t17?,18-,20+/m1/s1. The number of rotatable bonds is 5. The molecule has 0 aromatic heterocycles. The number of carbonyl (C=O) groups excluding carboxylic acids is 1. The summed E-state index contributed by atoms with van der Waals surface area (Å²) < 4.78 is 5.85. The summed E-state index contributed by atoms with van der Waals surface area (Å²) in [5.74, 6) is -0.0822. The van der Waals surface area contributed by atoms with E-state index in [0.29, 0.717) is 26.2 Å². The Morgan fingerprint density at radius 1 is 1.16 bits per heavy atom. The maximum absolute atomic E-state index is 12.8. The van der Waals surface area contributed by atoms with Crippen LogP contribution in [-0.2, 0) is 21.0 Å². The molecule has 2 aromatic carbocycles. The topological polar surface area (TPSA) is 64.8 Å². The predicted molar refractivity (Wildman–Crippen MR) is 93.4 cm³/mol. The first-order valence-electron chi connectivity index (χ1n) is 8.61. The number of carbonyl (C=O) groups is 1. The first-order chi connectivity index (χ1) is 12.2. The monoisotopic (exact) mass is 338 g/mol. The number of hydrogen-bond donors (Lipinski definition) is 1. The van der Waals surface area contributed by atoms with E-state index in [9.17, 15) is 4.79 Å². The lowest BCUT2D eigenvalue weighted by Gasteiger charge is -2.19. The summed E-state index contributed by atoms with van der Waals surface area (Å²) in [6.45, 7) is 1.31. The van der Waals surface area contributed by atoms with Crippen LogP contribution in [0, 0.1) is 0 Å². The quantitative estimate of drug-likeness (QED) is 0.908. The first-order valence-corrected chi connectivity index (χ1v) is 8.61. The fourth-order valence-electron chi connectivity index (χ4n) is 3.34. The molecule has 0 radical (unpaired) electrons. The molecule has 5 nitrogen and oxygen atoms in total. The van der Waals surface area contributed by atoms with Crippen molar-refractivity contribution in [2.24, 2.45) is 5.73 Å². The molecule has 1 aliphatic carbocycles. The van der Waals surface area contributed by atoms with E-state index in [2.05, 4.69) is 0 Å². The van der Waals surface area contributed by atoms with Crippen molar-refractivity contribution >= 4 is 5.91 Å². The van der Waals surface area contributed by atoms with Gasteiger partial charge in [-0.3, -0.25) is 9.63 Å². The van der Waals surface area contributed by atoms with Crippen molar-refractivity contribution in [1.29, 1.82) is 0 Å². The Bertz CT molecular complexity index is 737. The van der Waals surface area contributed by atoms with Gasteiger partial charge >= 0.3 is 0 Å². The third-order valence-electron chi connectivity index (χ3n) is 4.94. The van der Waals surface area contributed by atoms with E-state index < -0.39 is 5.54 Å². The highest BCUT2D eigenvalue weighted by molar-refractivity contribution is 5.90. The molecule has 5 heteroatoms. The second-order valence-corrected chi connectivity index (χ2v) is 6.79. The second kappa shape index (κ2) is 6.59. The van der Waals surface area contributed by atoms with E-state index in [-0.39, 0.29) is 17.9 Å². The van der Waals surface area contributed by atoms with Crippen molar-refractivity contribution in [2.45, 2.75) is 30.6 Å². The number of hydroxylamine groups is 2. The van der Waals surface area contributed by atoms with Gasteiger partial charge in [0.2, 0.25) is 0 Å². The average molecular weight is 338 g/mol. The number of benzene rings is 2. The van der Waals surface area contributed by atoms with Gasteiger partial charge in [-0.2, -0.15) is 0 Å². The normalized spacial score (nSPS) is 28.1. The molecular formula is C20H22N2O3. The summed E-state index contributed by atoms with van der Waals surface area (Å²) >= 11 is 0. The smallest absolute Gasteiger partial charge is 0.266 e. The third kappa shape index (κ3) is 3.31. The Morgan fingerprint density at radius 3 is 2.56 bits per heavy atom. The summed E-state index contributed by atoms with van der Waals surface area (Å²) in [5.41, 5.74) is 7.70. The van der Waals surface area contributed by atoms with Crippen molar-refractivity contribution in [1.82, 2.24) is 5.06 Å². The van der Waals surface area contributed by atoms with Crippen LogP contribution in [0.4, 0.5) is 0 Å². The van der Waals surface area contributed by atoms with Crippen molar-refractivity contribution in [3.8, 4) is 0 Å². The van der Waals surface area contributed by atoms with E-state index in [1.165, 1.54) is 5.06 Å². The van der Waals surface area contributed by atoms with Gasteiger partial charge in [0.25, 0.3) is 5.91 Å². The van der Waals surface area contributed by atoms with Gasteiger partial charge in [0.1, 0.15) is 18.2 Å². The minimum atomic E-state index is -0.852. The molecule has 1 heterocycles. The zero-order valence-corrected chi connectivity index (χ0v) is 14.0. The molecule has 0 spiro atoms. The summed E-state index contributed by atoms with van der Waals surface area (Å²) in [4.78, 5) is 18.3. The highest BCUT2D eigenvalue weighted by Crippen LogP contribution is 2.50.